The van der Waals surface area contributed by atoms with Crippen molar-refractivity contribution in [2.45, 2.75) is 66.0 Å². The first-order valence-electron chi connectivity index (χ1n) is 10.6. The van der Waals surface area contributed by atoms with Crippen LogP contribution in [-0.2, 0) is 9.53 Å². The number of carbonyl (C=O) groups excluding carboxylic acids is 2. The minimum absolute atomic E-state index is 0.0590. The number of nitrogens with one attached hydrogen (secondary N) is 2. The normalized spacial score (nSPS) is 16.4. The van der Waals surface area contributed by atoms with Crippen molar-refractivity contribution in [1.29, 1.82) is 0 Å². The Hall–Kier alpha value is -2.70. The molecular formula is C23H34N2O5. The predicted molar refractivity (Wildman–Crippen MR) is 116 cm³/mol. The minimum Gasteiger partial charge on any atom is -0.493 e. The summed E-state index contributed by atoms with van der Waals surface area (Å²) in [5, 5.41) is 5.62. The third-order valence-corrected chi connectivity index (χ3v) is 4.77. The molecule has 2 amide bonds. The van der Waals surface area contributed by atoms with Crippen LogP contribution in [0.1, 0.15) is 65.5 Å². The lowest BCUT2D eigenvalue weighted by Gasteiger charge is -2.31. The van der Waals surface area contributed by atoms with Crippen molar-refractivity contribution in [3.8, 4) is 11.5 Å². The van der Waals surface area contributed by atoms with Crippen molar-refractivity contribution in [2.24, 2.45) is 5.92 Å². The lowest BCUT2D eigenvalue weighted by molar-refractivity contribution is -0.143. The Bertz CT molecular complexity index is 786. The van der Waals surface area contributed by atoms with E-state index >= 15 is 0 Å². The molecule has 30 heavy (non-hydrogen) atoms. The molecule has 2 N–H and O–H groups in total. The van der Waals surface area contributed by atoms with Gasteiger partial charge in [-0.1, -0.05) is 39.7 Å². The molecule has 0 bridgehead atoms. The average molecular weight is 419 g/mol. The third-order valence-electron chi connectivity index (χ3n) is 4.77. The molecule has 0 aliphatic carbocycles. The third kappa shape index (κ3) is 5.90. The molecular weight excluding hydrogens is 384 g/mol. The summed E-state index contributed by atoms with van der Waals surface area (Å²) in [6, 6.07) is 4.45. The topological polar surface area (TPSA) is 85.9 Å². The van der Waals surface area contributed by atoms with E-state index in [0.29, 0.717) is 29.4 Å². The highest BCUT2D eigenvalue weighted by Gasteiger charge is 2.35. The molecule has 1 aromatic carbocycles. The van der Waals surface area contributed by atoms with Crippen LogP contribution >= 0.6 is 0 Å². The molecule has 7 heteroatoms. The van der Waals surface area contributed by atoms with E-state index < -0.39 is 12.0 Å². The summed E-state index contributed by atoms with van der Waals surface area (Å²) < 4.78 is 16.8. The van der Waals surface area contributed by atoms with Crippen molar-refractivity contribution in [3.05, 3.63) is 35.0 Å². The number of urea groups is 1. The van der Waals surface area contributed by atoms with Gasteiger partial charge in [-0.25, -0.2) is 9.59 Å². The Morgan fingerprint density at radius 2 is 1.87 bits per heavy atom. The second kappa shape index (κ2) is 10.9. The second-order valence-corrected chi connectivity index (χ2v) is 7.93. The second-order valence-electron chi connectivity index (χ2n) is 7.93. The smallest absolute Gasteiger partial charge is 0.338 e. The molecule has 0 spiro atoms. The fourth-order valence-electron chi connectivity index (χ4n) is 3.31. The number of esters is 1. The lowest BCUT2D eigenvalue weighted by Crippen LogP contribution is -2.47. The summed E-state index contributed by atoms with van der Waals surface area (Å²) in [6.07, 6.45) is 2.92. The van der Waals surface area contributed by atoms with E-state index in [1.54, 1.807) is 27.0 Å². The van der Waals surface area contributed by atoms with Gasteiger partial charge >= 0.3 is 12.0 Å². The van der Waals surface area contributed by atoms with Crippen LogP contribution in [0.25, 0.3) is 0 Å². The fraction of sp³-hybridized carbons (Fsp3) is 0.565. The van der Waals surface area contributed by atoms with Crippen LogP contribution in [-0.4, -0.2) is 31.8 Å². The van der Waals surface area contributed by atoms with E-state index in [2.05, 4.69) is 17.6 Å². The molecule has 1 aliphatic rings. The molecule has 1 aromatic rings. The van der Waals surface area contributed by atoms with Gasteiger partial charge in [0.1, 0.15) is 0 Å². The van der Waals surface area contributed by atoms with Crippen molar-refractivity contribution in [1.82, 2.24) is 10.6 Å². The Morgan fingerprint density at radius 1 is 1.13 bits per heavy atom. The van der Waals surface area contributed by atoms with Crippen molar-refractivity contribution < 1.29 is 23.8 Å². The number of allylic oxidation sites excluding steroid dienone is 1. The number of hydrogen-bond acceptors (Lipinski definition) is 5. The number of amides is 2. The average Bonchev–Trinajstić information content (AvgIpc) is 2.69. The number of carbonyl (C=O) groups is 2. The molecule has 7 nitrogen and oxygen atoms in total. The SMILES string of the molecule is CCCCCOc1ccc(C2NC(=O)NC(C(C)C)=C2C(=O)OC(C)C)cc1OC. The number of ether oxygens (including phenoxy) is 3. The van der Waals surface area contributed by atoms with Crippen LogP contribution in [0.5, 0.6) is 11.5 Å². The Labute approximate surface area is 179 Å². The van der Waals surface area contributed by atoms with E-state index in [1.165, 1.54) is 0 Å². The maximum absolute atomic E-state index is 12.9. The molecule has 0 radical (unpaired) electrons. The quantitative estimate of drug-likeness (QED) is 0.432. The first-order chi connectivity index (χ1) is 14.3. The molecule has 1 atom stereocenters. The van der Waals surface area contributed by atoms with Crippen LogP contribution in [0, 0.1) is 5.92 Å². The molecule has 2 rings (SSSR count). The van der Waals surface area contributed by atoms with Gasteiger partial charge in [0, 0.05) is 5.70 Å². The zero-order valence-corrected chi connectivity index (χ0v) is 18.8. The molecule has 1 aliphatic heterocycles. The molecule has 1 heterocycles. The van der Waals surface area contributed by atoms with Gasteiger partial charge in [-0.05, 0) is 43.9 Å². The first kappa shape index (κ1) is 23.6. The van der Waals surface area contributed by atoms with Crippen LogP contribution < -0.4 is 20.1 Å². The summed E-state index contributed by atoms with van der Waals surface area (Å²) in [5.74, 6) is 0.679. The van der Waals surface area contributed by atoms with E-state index in [-0.39, 0.29) is 18.1 Å². The van der Waals surface area contributed by atoms with E-state index in [1.807, 2.05) is 26.0 Å². The number of hydrogen-bond donors (Lipinski definition) is 2. The molecule has 1 unspecified atom stereocenters. The van der Waals surface area contributed by atoms with Gasteiger partial charge in [0.15, 0.2) is 11.5 Å². The summed E-state index contributed by atoms with van der Waals surface area (Å²) in [5.41, 5.74) is 1.68. The summed E-state index contributed by atoms with van der Waals surface area (Å²) in [6.45, 7) is 10.2. The van der Waals surface area contributed by atoms with Gasteiger partial charge in [-0.2, -0.15) is 0 Å². The van der Waals surface area contributed by atoms with Crippen LogP contribution in [0.2, 0.25) is 0 Å². The van der Waals surface area contributed by atoms with E-state index in [0.717, 1.165) is 24.8 Å². The van der Waals surface area contributed by atoms with Crippen molar-refractivity contribution >= 4 is 12.0 Å². The zero-order valence-electron chi connectivity index (χ0n) is 18.8. The fourth-order valence-corrected chi connectivity index (χ4v) is 3.31. The molecule has 0 aromatic heterocycles. The number of methoxy groups -OCH3 is 1. The molecule has 0 saturated heterocycles. The van der Waals surface area contributed by atoms with E-state index in [4.69, 9.17) is 14.2 Å². The number of rotatable bonds is 10. The predicted octanol–water partition coefficient (Wildman–Crippen LogP) is 4.48. The van der Waals surface area contributed by atoms with Gasteiger partial charge < -0.3 is 24.8 Å². The first-order valence-corrected chi connectivity index (χ1v) is 10.6. The number of unbranched alkanes of at least 4 members (excludes halogenated alkanes) is 2. The Kier molecular flexibility index (Phi) is 8.57. The van der Waals surface area contributed by atoms with Crippen LogP contribution in [0.3, 0.4) is 0 Å². The highest BCUT2D eigenvalue weighted by atomic mass is 16.5. The zero-order chi connectivity index (χ0) is 22.3. The van der Waals surface area contributed by atoms with E-state index in [9.17, 15) is 9.59 Å². The monoisotopic (exact) mass is 418 g/mol. The Balaban J connectivity index is 2.41. The number of benzene rings is 1. The van der Waals surface area contributed by atoms with Crippen molar-refractivity contribution in [2.75, 3.05) is 13.7 Å². The summed E-state index contributed by atoms with van der Waals surface area (Å²) in [4.78, 5) is 25.2. The summed E-state index contributed by atoms with van der Waals surface area (Å²) >= 11 is 0. The van der Waals surface area contributed by atoms with Crippen LogP contribution in [0.15, 0.2) is 29.5 Å². The molecule has 0 fully saturated rings. The van der Waals surface area contributed by atoms with Gasteiger partial charge in [-0.15, -0.1) is 0 Å². The van der Waals surface area contributed by atoms with Gasteiger partial charge in [-0.3, -0.25) is 0 Å². The van der Waals surface area contributed by atoms with Gasteiger partial charge in [0.2, 0.25) is 0 Å². The maximum Gasteiger partial charge on any atom is 0.338 e. The lowest BCUT2D eigenvalue weighted by atomic mass is 9.91. The highest BCUT2D eigenvalue weighted by molar-refractivity contribution is 5.95. The standard InChI is InChI=1S/C23H34N2O5/c1-7-8-9-12-29-17-11-10-16(13-18(17)28-6)21-19(22(26)30-15(4)5)20(14(2)3)24-23(27)25-21/h10-11,13-15,21H,7-9,12H2,1-6H3,(H2,24,25,27). The van der Waals surface area contributed by atoms with Crippen LogP contribution in [0.4, 0.5) is 4.79 Å². The van der Waals surface area contributed by atoms with Crippen molar-refractivity contribution in [3.63, 3.8) is 0 Å². The summed E-state index contributed by atoms with van der Waals surface area (Å²) in [7, 11) is 1.57. The maximum atomic E-state index is 12.9. The highest BCUT2D eigenvalue weighted by Crippen LogP contribution is 2.36. The molecule has 166 valence electrons. The minimum atomic E-state index is -0.648. The van der Waals surface area contributed by atoms with Gasteiger partial charge in [0.05, 0.1) is 31.4 Å². The molecule has 0 saturated carbocycles. The van der Waals surface area contributed by atoms with Gasteiger partial charge in [0.25, 0.3) is 0 Å². The Morgan fingerprint density at radius 3 is 2.47 bits per heavy atom. The largest absolute Gasteiger partial charge is 0.493 e.